The minimum absolute atomic E-state index is 0.0519. The van der Waals surface area contributed by atoms with Gasteiger partial charge in [-0.3, -0.25) is 0 Å². The van der Waals surface area contributed by atoms with Crippen LogP contribution in [0.5, 0.6) is 5.75 Å². The lowest BCUT2D eigenvalue weighted by atomic mass is 9.96. The van der Waals surface area contributed by atoms with Crippen molar-refractivity contribution in [3.8, 4) is 5.75 Å². The molecule has 3 aromatic rings. The van der Waals surface area contributed by atoms with Crippen LogP contribution in [0.3, 0.4) is 0 Å². The fourth-order valence-electron chi connectivity index (χ4n) is 3.74. The van der Waals surface area contributed by atoms with Crippen molar-refractivity contribution >= 4 is 20.9 Å². The molecule has 0 amide bonds. The van der Waals surface area contributed by atoms with Crippen molar-refractivity contribution in [1.29, 1.82) is 0 Å². The SMILES string of the molecule is CC(C)Oc1ccc(S(=O)(=O)NCC2(c3cn(C)c4ccccc34)CC2)cc1. The molecule has 1 fully saturated rings. The third-order valence-electron chi connectivity index (χ3n) is 5.43. The summed E-state index contributed by atoms with van der Waals surface area (Å²) < 4.78 is 36.1. The van der Waals surface area contributed by atoms with Crippen molar-refractivity contribution in [2.24, 2.45) is 7.05 Å². The number of nitrogens with one attached hydrogen (secondary N) is 1. The average Bonchev–Trinajstić information content (AvgIpc) is 3.38. The molecule has 1 heterocycles. The van der Waals surface area contributed by atoms with Crippen molar-refractivity contribution in [3.63, 3.8) is 0 Å². The van der Waals surface area contributed by atoms with Crippen LogP contribution in [0.1, 0.15) is 32.3 Å². The second-order valence-electron chi connectivity index (χ2n) is 7.91. The Morgan fingerprint density at radius 2 is 1.79 bits per heavy atom. The number of nitrogens with zero attached hydrogens (tertiary/aromatic N) is 1. The van der Waals surface area contributed by atoms with E-state index >= 15 is 0 Å². The zero-order valence-corrected chi connectivity index (χ0v) is 17.3. The number of rotatable bonds is 7. The van der Waals surface area contributed by atoms with Gasteiger partial charge in [0.15, 0.2) is 0 Å². The minimum atomic E-state index is -3.57. The maximum Gasteiger partial charge on any atom is 0.240 e. The molecule has 28 heavy (non-hydrogen) atoms. The fourth-order valence-corrected chi connectivity index (χ4v) is 4.87. The third kappa shape index (κ3) is 3.54. The van der Waals surface area contributed by atoms with Crippen molar-refractivity contribution in [2.45, 2.75) is 43.1 Å². The summed E-state index contributed by atoms with van der Waals surface area (Å²) in [5.74, 6) is 0.670. The van der Waals surface area contributed by atoms with E-state index in [9.17, 15) is 8.42 Å². The minimum Gasteiger partial charge on any atom is -0.491 e. The first-order valence-corrected chi connectivity index (χ1v) is 11.1. The van der Waals surface area contributed by atoms with Crippen LogP contribution < -0.4 is 9.46 Å². The Hall–Kier alpha value is -2.31. The summed E-state index contributed by atoms with van der Waals surface area (Å²) >= 11 is 0. The number of hydrogen-bond donors (Lipinski definition) is 1. The maximum absolute atomic E-state index is 12.8. The van der Waals surface area contributed by atoms with Crippen LogP contribution in [0.4, 0.5) is 0 Å². The number of benzene rings is 2. The van der Waals surface area contributed by atoms with Gasteiger partial charge in [-0.15, -0.1) is 0 Å². The van der Waals surface area contributed by atoms with Crippen LogP contribution in [-0.2, 0) is 22.5 Å². The first kappa shape index (κ1) is 19.0. The lowest BCUT2D eigenvalue weighted by Crippen LogP contribution is -2.32. The van der Waals surface area contributed by atoms with E-state index in [1.165, 1.54) is 16.5 Å². The molecule has 1 saturated carbocycles. The molecule has 1 aliphatic rings. The summed E-state index contributed by atoms with van der Waals surface area (Å²) in [7, 11) is -1.53. The van der Waals surface area contributed by atoms with E-state index in [0.29, 0.717) is 12.3 Å². The number of ether oxygens (including phenoxy) is 1. The van der Waals surface area contributed by atoms with Gasteiger partial charge in [0, 0.05) is 36.1 Å². The monoisotopic (exact) mass is 398 g/mol. The lowest BCUT2D eigenvalue weighted by molar-refractivity contribution is 0.242. The van der Waals surface area contributed by atoms with E-state index in [2.05, 4.69) is 27.6 Å². The van der Waals surface area contributed by atoms with Gasteiger partial charge in [0.05, 0.1) is 11.0 Å². The first-order chi connectivity index (χ1) is 13.3. The summed E-state index contributed by atoms with van der Waals surface area (Å²) in [4.78, 5) is 0.261. The van der Waals surface area contributed by atoms with E-state index in [1.54, 1.807) is 24.3 Å². The molecule has 1 aromatic heterocycles. The van der Waals surface area contributed by atoms with Crippen LogP contribution in [0.15, 0.2) is 59.6 Å². The van der Waals surface area contributed by atoms with Crippen LogP contribution in [-0.4, -0.2) is 25.6 Å². The Morgan fingerprint density at radius 3 is 2.43 bits per heavy atom. The van der Waals surface area contributed by atoms with Crippen LogP contribution in [0, 0.1) is 0 Å². The van der Waals surface area contributed by atoms with Gasteiger partial charge in [0.1, 0.15) is 5.75 Å². The lowest BCUT2D eigenvalue weighted by Gasteiger charge is -2.16. The van der Waals surface area contributed by atoms with E-state index in [4.69, 9.17) is 4.74 Å². The molecule has 0 atom stereocenters. The fraction of sp³-hybridized carbons (Fsp3) is 0.364. The molecule has 1 aliphatic carbocycles. The van der Waals surface area contributed by atoms with Gasteiger partial charge in [0.25, 0.3) is 0 Å². The van der Waals surface area contributed by atoms with Crippen LogP contribution in [0.25, 0.3) is 10.9 Å². The summed E-state index contributed by atoms with van der Waals surface area (Å²) in [6.45, 7) is 4.29. The molecule has 2 aromatic carbocycles. The quantitative estimate of drug-likeness (QED) is 0.655. The highest BCUT2D eigenvalue weighted by atomic mass is 32.2. The molecule has 0 spiro atoms. The highest BCUT2D eigenvalue weighted by Crippen LogP contribution is 2.50. The number of aryl methyl sites for hydroxylation is 1. The van der Waals surface area contributed by atoms with Crippen molar-refractivity contribution < 1.29 is 13.2 Å². The standard InChI is InChI=1S/C22H26N2O3S/c1-16(2)27-17-8-10-18(11-9-17)28(25,26)23-15-22(12-13-22)20-14-24(3)21-7-5-4-6-19(20)21/h4-11,14,16,23H,12-13,15H2,1-3H3. The maximum atomic E-state index is 12.8. The van der Waals surface area contributed by atoms with Crippen molar-refractivity contribution in [1.82, 2.24) is 9.29 Å². The number of sulfonamides is 1. The zero-order chi connectivity index (χ0) is 19.9. The number of para-hydroxylation sites is 1. The summed E-state index contributed by atoms with van der Waals surface area (Å²) in [5, 5.41) is 1.21. The molecule has 4 rings (SSSR count). The van der Waals surface area contributed by atoms with Gasteiger partial charge < -0.3 is 9.30 Å². The van der Waals surface area contributed by atoms with E-state index in [-0.39, 0.29) is 16.4 Å². The van der Waals surface area contributed by atoms with Gasteiger partial charge >= 0.3 is 0 Å². The molecule has 0 unspecified atom stereocenters. The Balaban J connectivity index is 1.53. The third-order valence-corrected chi connectivity index (χ3v) is 6.85. The average molecular weight is 399 g/mol. The smallest absolute Gasteiger partial charge is 0.240 e. The van der Waals surface area contributed by atoms with Gasteiger partial charge in [-0.05, 0) is 62.6 Å². The molecule has 0 radical (unpaired) electrons. The second kappa shape index (κ2) is 6.94. The van der Waals surface area contributed by atoms with E-state index in [1.807, 2.05) is 33.0 Å². The molecule has 0 bridgehead atoms. The first-order valence-electron chi connectivity index (χ1n) is 9.62. The topological polar surface area (TPSA) is 60.3 Å². The van der Waals surface area contributed by atoms with E-state index < -0.39 is 10.0 Å². The Labute approximate surface area is 166 Å². The molecular weight excluding hydrogens is 372 g/mol. The predicted molar refractivity (Wildman–Crippen MR) is 111 cm³/mol. The predicted octanol–water partition coefficient (Wildman–Crippen LogP) is 3.98. The molecule has 5 nitrogen and oxygen atoms in total. The molecule has 1 N–H and O–H groups in total. The molecule has 0 aliphatic heterocycles. The largest absolute Gasteiger partial charge is 0.491 e. The molecular formula is C22H26N2O3S. The van der Waals surface area contributed by atoms with Crippen molar-refractivity contribution in [3.05, 3.63) is 60.3 Å². The second-order valence-corrected chi connectivity index (χ2v) is 9.68. The summed E-state index contributed by atoms with van der Waals surface area (Å²) in [6.07, 6.45) is 4.18. The summed E-state index contributed by atoms with van der Waals surface area (Å²) in [5.41, 5.74) is 2.29. The summed E-state index contributed by atoms with van der Waals surface area (Å²) in [6, 6.07) is 14.9. The van der Waals surface area contributed by atoms with Crippen LogP contribution in [0.2, 0.25) is 0 Å². The number of hydrogen-bond acceptors (Lipinski definition) is 3. The van der Waals surface area contributed by atoms with Crippen molar-refractivity contribution in [2.75, 3.05) is 6.54 Å². The molecule has 6 heteroatoms. The zero-order valence-electron chi connectivity index (χ0n) is 16.5. The van der Waals surface area contributed by atoms with Gasteiger partial charge in [-0.2, -0.15) is 0 Å². The van der Waals surface area contributed by atoms with Gasteiger partial charge in [-0.25, -0.2) is 13.1 Å². The van der Waals surface area contributed by atoms with E-state index in [0.717, 1.165) is 12.8 Å². The number of aromatic nitrogens is 1. The Kier molecular flexibility index (Phi) is 4.71. The Bertz CT molecular complexity index is 1090. The highest BCUT2D eigenvalue weighted by Gasteiger charge is 2.46. The molecule has 0 saturated heterocycles. The highest BCUT2D eigenvalue weighted by molar-refractivity contribution is 7.89. The van der Waals surface area contributed by atoms with Gasteiger partial charge in [-0.1, -0.05) is 18.2 Å². The van der Waals surface area contributed by atoms with Crippen LogP contribution >= 0.6 is 0 Å². The number of fused-ring (bicyclic) bond motifs is 1. The normalized spacial score (nSPS) is 15.9. The molecule has 148 valence electrons. The van der Waals surface area contributed by atoms with Gasteiger partial charge in [0.2, 0.25) is 10.0 Å². The Morgan fingerprint density at radius 1 is 1.11 bits per heavy atom.